The fraction of sp³-hybridized carbons (Fsp3) is 0.167. The highest BCUT2D eigenvalue weighted by molar-refractivity contribution is 9.10. The van der Waals surface area contributed by atoms with Gasteiger partial charge in [-0.1, -0.05) is 0 Å². The van der Waals surface area contributed by atoms with Crippen molar-refractivity contribution < 1.29 is 4.39 Å². The van der Waals surface area contributed by atoms with Gasteiger partial charge in [-0.25, -0.2) is 14.4 Å². The average Bonchev–Trinajstić information content (AvgIpc) is 2.33. The van der Waals surface area contributed by atoms with E-state index < -0.39 is 0 Å². The monoisotopic (exact) mass is 295 g/mol. The third kappa shape index (κ3) is 2.87. The van der Waals surface area contributed by atoms with Crippen LogP contribution in [0, 0.1) is 5.82 Å². The second kappa shape index (κ2) is 5.33. The van der Waals surface area contributed by atoms with Gasteiger partial charge in [0.15, 0.2) is 5.82 Å². The summed E-state index contributed by atoms with van der Waals surface area (Å²) in [5, 5.41) is 0. The highest BCUT2D eigenvalue weighted by Crippen LogP contribution is 2.22. The largest absolute Gasteiger partial charge is 0.330 e. The molecule has 3 nitrogen and oxygen atoms in total. The average molecular weight is 296 g/mol. The fourth-order valence-corrected chi connectivity index (χ4v) is 1.84. The summed E-state index contributed by atoms with van der Waals surface area (Å²) in [5.74, 6) is 0.281. The van der Waals surface area contributed by atoms with Crippen molar-refractivity contribution in [3.05, 3.63) is 46.4 Å². The Hall–Kier alpha value is -1.33. The van der Waals surface area contributed by atoms with Crippen molar-refractivity contribution in [2.24, 2.45) is 5.73 Å². The molecular formula is C12H11BrFN3. The molecule has 0 amide bonds. The van der Waals surface area contributed by atoms with Crippen LogP contribution in [0.3, 0.4) is 0 Å². The number of benzene rings is 1. The molecule has 0 atom stereocenters. The third-order valence-electron chi connectivity index (χ3n) is 2.29. The van der Waals surface area contributed by atoms with Crippen molar-refractivity contribution in [1.29, 1.82) is 0 Å². The van der Waals surface area contributed by atoms with Gasteiger partial charge in [0.2, 0.25) is 0 Å². The Morgan fingerprint density at radius 1 is 1.29 bits per heavy atom. The molecule has 17 heavy (non-hydrogen) atoms. The standard InChI is InChI=1S/C12H11BrFN3/c13-10-7-8(1-2-11(10)14)12-16-6-4-9(17-12)3-5-15/h1-2,4,6-7H,3,5,15H2. The molecule has 0 aliphatic rings. The predicted molar refractivity (Wildman–Crippen MR) is 67.9 cm³/mol. The highest BCUT2D eigenvalue weighted by Gasteiger charge is 2.05. The SMILES string of the molecule is NCCc1ccnc(-c2ccc(F)c(Br)c2)n1. The minimum Gasteiger partial charge on any atom is -0.330 e. The second-order valence-corrected chi connectivity index (χ2v) is 4.39. The van der Waals surface area contributed by atoms with E-state index in [1.807, 2.05) is 6.07 Å². The Bertz CT molecular complexity index is 531. The van der Waals surface area contributed by atoms with Crippen LogP contribution in [0.1, 0.15) is 5.69 Å². The third-order valence-corrected chi connectivity index (χ3v) is 2.90. The van der Waals surface area contributed by atoms with Crippen LogP contribution in [0.5, 0.6) is 0 Å². The molecule has 1 heterocycles. The smallest absolute Gasteiger partial charge is 0.159 e. The van der Waals surface area contributed by atoms with Crippen molar-refractivity contribution in [3.63, 3.8) is 0 Å². The summed E-state index contributed by atoms with van der Waals surface area (Å²) in [5.41, 5.74) is 7.14. The van der Waals surface area contributed by atoms with Crippen LogP contribution in [-0.2, 0) is 6.42 Å². The molecule has 0 radical (unpaired) electrons. The van der Waals surface area contributed by atoms with Crippen LogP contribution >= 0.6 is 15.9 Å². The topological polar surface area (TPSA) is 51.8 Å². The van der Waals surface area contributed by atoms with Crippen molar-refractivity contribution in [2.75, 3.05) is 6.54 Å². The zero-order valence-electron chi connectivity index (χ0n) is 9.03. The van der Waals surface area contributed by atoms with Crippen LogP contribution < -0.4 is 5.73 Å². The Labute approximate surface area is 107 Å². The van der Waals surface area contributed by atoms with Crippen molar-refractivity contribution >= 4 is 15.9 Å². The normalized spacial score (nSPS) is 10.5. The van der Waals surface area contributed by atoms with E-state index in [2.05, 4.69) is 25.9 Å². The number of nitrogens with zero attached hydrogens (tertiary/aromatic N) is 2. The lowest BCUT2D eigenvalue weighted by atomic mass is 10.2. The molecule has 5 heteroatoms. The molecular weight excluding hydrogens is 285 g/mol. The number of hydrogen-bond donors (Lipinski definition) is 1. The van der Waals surface area contributed by atoms with Gasteiger partial charge in [0.25, 0.3) is 0 Å². The lowest BCUT2D eigenvalue weighted by Gasteiger charge is -2.03. The molecule has 0 unspecified atom stereocenters. The maximum atomic E-state index is 13.1. The van der Waals surface area contributed by atoms with E-state index in [0.717, 1.165) is 11.3 Å². The Balaban J connectivity index is 2.38. The van der Waals surface area contributed by atoms with Gasteiger partial charge in [0.05, 0.1) is 4.47 Å². The van der Waals surface area contributed by atoms with Crippen LogP contribution in [0.4, 0.5) is 4.39 Å². The summed E-state index contributed by atoms with van der Waals surface area (Å²) in [7, 11) is 0. The predicted octanol–water partition coefficient (Wildman–Crippen LogP) is 2.55. The van der Waals surface area contributed by atoms with Gasteiger partial charge in [0, 0.05) is 23.9 Å². The van der Waals surface area contributed by atoms with E-state index in [-0.39, 0.29) is 5.82 Å². The molecule has 0 bridgehead atoms. The van der Waals surface area contributed by atoms with Crippen molar-refractivity contribution in [1.82, 2.24) is 9.97 Å². The fourth-order valence-electron chi connectivity index (χ4n) is 1.46. The van der Waals surface area contributed by atoms with Gasteiger partial charge in [-0.05, 0) is 46.7 Å². The molecule has 0 saturated carbocycles. The maximum Gasteiger partial charge on any atom is 0.159 e. The Morgan fingerprint density at radius 3 is 2.82 bits per heavy atom. The number of nitrogens with two attached hydrogens (primary N) is 1. The van der Waals surface area contributed by atoms with Gasteiger partial charge in [0.1, 0.15) is 5.82 Å². The zero-order chi connectivity index (χ0) is 12.3. The lowest BCUT2D eigenvalue weighted by molar-refractivity contribution is 0.621. The first-order valence-electron chi connectivity index (χ1n) is 5.18. The molecule has 1 aromatic heterocycles. The summed E-state index contributed by atoms with van der Waals surface area (Å²) in [6, 6.07) is 6.53. The highest BCUT2D eigenvalue weighted by atomic mass is 79.9. The van der Waals surface area contributed by atoms with Gasteiger partial charge in [-0.3, -0.25) is 0 Å². The second-order valence-electron chi connectivity index (χ2n) is 3.54. The molecule has 2 rings (SSSR count). The molecule has 88 valence electrons. The van der Waals surface area contributed by atoms with E-state index in [4.69, 9.17) is 5.73 Å². The van der Waals surface area contributed by atoms with E-state index in [0.29, 0.717) is 23.3 Å². The molecule has 0 spiro atoms. The molecule has 0 fully saturated rings. The summed E-state index contributed by atoms with van der Waals surface area (Å²) < 4.78 is 13.5. The minimum absolute atomic E-state index is 0.299. The Kier molecular flexibility index (Phi) is 3.81. The van der Waals surface area contributed by atoms with Crippen LogP contribution in [0.2, 0.25) is 0 Å². The molecule has 2 aromatic rings. The molecule has 2 N–H and O–H groups in total. The molecule has 1 aromatic carbocycles. The number of hydrogen-bond acceptors (Lipinski definition) is 3. The van der Waals surface area contributed by atoms with Gasteiger partial charge in [-0.15, -0.1) is 0 Å². The first kappa shape index (κ1) is 12.1. The number of aromatic nitrogens is 2. The van der Waals surface area contributed by atoms with Crippen LogP contribution in [-0.4, -0.2) is 16.5 Å². The van der Waals surface area contributed by atoms with Crippen LogP contribution in [0.25, 0.3) is 11.4 Å². The van der Waals surface area contributed by atoms with Gasteiger partial charge < -0.3 is 5.73 Å². The lowest BCUT2D eigenvalue weighted by Crippen LogP contribution is -2.05. The molecule has 0 aliphatic carbocycles. The molecule has 0 aliphatic heterocycles. The maximum absolute atomic E-state index is 13.1. The van der Waals surface area contributed by atoms with Gasteiger partial charge in [-0.2, -0.15) is 0 Å². The van der Waals surface area contributed by atoms with Crippen molar-refractivity contribution in [2.45, 2.75) is 6.42 Å². The summed E-state index contributed by atoms with van der Waals surface area (Å²) in [6.07, 6.45) is 2.39. The van der Waals surface area contributed by atoms with E-state index in [1.54, 1.807) is 18.3 Å². The number of rotatable bonds is 3. The first-order chi connectivity index (χ1) is 8.20. The summed E-state index contributed by atoms with van der Waals surface area (Å²) in [6.45, 7) is 0.545. The molecule has 0 saturated heterocycles. The van der Waals surface area contributed by atoms with E-state index in [1.165, 1.54) is 6.07 Å². The first-order valence-corrected chi connectivity index (χ1v) is 5.97. The van der Waals surface area contributed by atoms with Gasteiger partial charge >= 0.3 is 0 Å². The zero-order valence-corrected chi connectivity index (χ0v) is 10.6. The van der Waals surface area contributed by atoms with E-state index in [9.17, 15) is 4.39 Å². The van der Waals surface area contributed by atoms with Crippen LogP contribution in [0.15, 0.2) is 34.9 Å². The minimum atomic E-state index is -0.299. The summed E-state index contributed by atoms with van der Waals surface area (Å²) in [4.78, 5) is 8.54. The van der Waals surface area contributed by atoms with E-state index >= 15 is 0 Å². The summed E-state index contributed by atoms with van der Waals surface area (Å²) >= 11 is 3.14. The number of halogens is 2. The van der Waals surface area contributed by atoms with Crippen molar-refractivity contribution in [3.8, 4) is 11.4 Å². The quantitative estimate of drug-likeness (QED) is 0.947. The Morgan fingerprint density at radius 2 is 2.12 bits per heavy atom.